The van der Waals surface area contributed by atoms with Crippen LogP contribution in [-0.4, -0.2) is 29.0 Å². The molecule has 0 radical (unpaired) electrons. The maximum atomic E-state index is 11.4. The number of amides is 1. The Morgan fingerprint density at radius 3 is 2.21 bits per heavy atom. The van der Waals surface area contributed by atoms with Gasteiger partial charge < -0.3 is 11.1 Å². The quantitative estimate of drug-likeness (QED) is 0.733. The zero-order valence-corrected chi connectivity index (χ0v) is 10.6. The first-order valence-corrected chi connectivity index (χ1v) is 5.99. The van der Waals surface area contributed by atoms with Crippen molar-refractivity contribution in [3.63, 3.8) is 0 Å². The van der Waals surface area contributed by atoms with Crippen LogP contribution in [0.15, 0.2) is 0 Å². The Hall–Kier alpha value is -0.220. The minimum atomic E-state index is -0.423. The first-order chi connectivity index (χ1) is 6.16. The molecule has 0 aromatic carbocycles. The van der Waals surface area contributed by atoms with Crippen LogP contribution >= 0.6 is 11.8 Å². The van der Waals surface area contributed by atoms with Crippen LogP contribution in [-0.2, 0) is 4.79 Å². The third kappa shape index (κ3) is 7.21. The van der Waals surface area contributed by atoms with Gasteiger partial charge in [0, 0.05) is 23.3 Å². The molecule has 0 aliphatic carbocycles. The van der Waals surface area contributed by atoms with E-state index in [0.717, 1.165) is 0 Å². The van der Waals surface area contributed by atoms with Gasteiger partial charge >= 0.3 is 0 Å². The molecule has 0 aliphatic heterocycles. The van der Waals surface area contributed by atoms with E-state index in [1.165, 1.54) is 0 Å². The van der Waals surface area contributed by atoms with Crippen LogP contribution in [0.5, 0.6) is 0 Å². The zero-order valence-electron chi connectivity index (χ0n) is 9.81. The molecular weight excluding hydrogens is 196 g/mol. The zero-order chi connectivity index (χ0) is 11.4. The van der Waals surface area contributed by atoms with Gasteiger partial charge in [-0.2, -0.15) is 11.8 Å². The minimum Gasteiger partial charge on any atom is -0.355 e. The maximum absolute atomic E-state index is 11.4. The highest BCUT2D eigenvalue weighted by molar-refractivity contribution is 7.99. The monoisotopic (exact) mass is 218 g/mol. The Morgan fingerprint density at radius 2 is 1.86 bits per heavy atom. The van der Waals surface area contributed by atoms with Crippen LogP contribution < -0.4 is 11.1 Å². The van der Waals surface area contributed by atoms with E-state index < -0.39 is 5.54 Å². The summed E-state index contributed by atoms with van der Waals surface area (Å²) in [5, 5.41) is 2.89. The lowest BCUT2D eigenvalue weighted by Crippen LogP contribution is -2.42. The predicted molar refractivity (Wildman–Crippen MR) is 63.5 cm³/mol. The fourth-order valence-corrected chi connectivity index (χ4v) is 1.08. The van der Waals surface area contributed by atoms with Crippen molar-refractivity contribution in [1.29, 1.82) is 0 Å². The second-order valence-electron chi connectivity index (χ2n) is 4.91. The van der Waals surface area contributed by atoms with E-state index in [0.29, 0.717) is 13.0 Å². The van der Waals surface area contributed by atoms with Gasteiger partial charge in [0.15, 0.2) is 0 Å². The molecule has 0 saturated heterocycles. The number of hydrogen-bond acceptors (Lipinski definition) is 3. The average molecular weight is 218 g/mol. The van der Waals surface area contributed by atoms with Crippen molar-refractivity contribution >= 4 is 17.7 Å². The van der Waals surface area contributed by atoms with Crippen molar-refractivity contribution in [2.45, 2.75) is 44.4 Å². The van der Waals surface area contributed by atoms with Gasteiger partial charge in [-0.15, -0.1) is 0 Å². The molecule has 0 fully saturated rings. The summed E-state index contributed by atoms with van der Waals surface area (Å²) >= 11 is 1.74. The Bertz CT molecular complexity index is 197. The van der Waals surface area contributed by atoms with Gasteiger partial charge in [-0.3, -0.25) is 4.79 Å². The molecule has 0 aromatic rings. The highest BCUT2D eigenvalue weighted by atomic mass is 32.2. The minimum absolute atomic E-state index is 0.0274. The summed E-state index contributed by atoms with van der Waals surface area (Å²) < 4.78 is 0.0917. The molecule has 0 atom stereocenters. The largest absolute Gasteiger partial charge is 0.355 e. The first kappa shape index (κ1) is 13.8. The second kappa shape index (κ2) is 5.03. The number of carbonyl (C=O) groups excluding carboxylic acids is 1. The summed E-state index contributed by atoms with van der Waals surface area (Å²) in [6.07, 6.45) is 2.41. The Kier molecular flexibility index (Phi) is 4.95. The van der Waals surface area contributed by atoms with Gasteiger partial charge in [0.2, 0.25) is 5.91 Å². The molecule has 0 spiro atoms. The van der Waals surface area contributed by atoms with Crippen molar-refractivity contribution in [2.24, 2.45) is 5.73 Å². The molecule has 0 saturated carbocycles. The van der Waals surface area contributed by atoms with E-state index >= 15 is 0 Å². The third-order valence-corrected chi connectivity index (χ3v) is 3.13. The number of nitrogens with two attached hydrogens (primary N) is 1. The molecular formula is C10H22N2OS. The molecule has 14 heavy (non-hydrogen) atoms. The van der Waals surface area contributed by atoms with Gasteiger partial charge in [-0.05, 0) is 34.0 Å². The molecule has 0 unspecified atom stereocenters. The van der Waals surface area contributed by atoms with E-state index in [1.807, 2.05) is 20.1 Å². The maximum Gasteiger partial charge on any atom is 0.221 e. The number of rotatable bonds is 5. The molecule has 0 aliphatic rings. The van der Waals surface area contributed by atoms with E-state index in [1.54, 1.807) is 11.8 Å². The third-order valence-electron chi connectivity index (χ3n) is 1.88. The van der Waals surface area contributed by atoms with Gasteiger partial charge in [0.25, 0.3) is 0 Å². The second-order valence-corrected chi connectivity index (χ2v) is 6.42. The fourth-order valence-electron chi connectivity index (χ4n) is 0.860. The first-order valence-electron chi connectivity index (χ1n) is 4.77. The van der Waals surface area contributed by atoms with Crippen molar-refractivity contribution in [3.8, 4) is 0 Å². The SMILES string of the molecule is CSC(C)(C)CNC(=O)CC(C)(C)N. The van der Waals surface area contributed by atoms with E-state index in [-0.39, 0.29) is 10.7 Å². The number of thioether (sulfide) groups is 1. The van der Waals surface area contributed by atoms with Crippen LogP contribution in [0.1, 0.15) is 34.1 Å². The molecule has 1 amide bonds. The summed E-state index contributed by atoms with van der Waals surface area (Å²) in [6, 6.07) is 0. The smallest absolute Gasteiger partial charge is 0.221 e. The lowest BCUT2D eigenvalue weighted by molar-refractivity contribution is -0.122. The predicted octanol–water partition coefficient (Wildman–Crippen LogP) is 1.37. The van der Waals surface area contributed by atoms with Gasteiger partial charge in [0.1, 0.15) is 0 Å². The summed E-state index contributed by atoms with van der Waals surface area (Å²) in [7, 11) is 0. The molecule has 4 heteroatoms. The molecule has 3 N–H and O–H groups in total. The lowest BCUT2D eigenvalue weighted by Gasteiger charge is -2.24. The summed E-state index contributed by atoms with van der Waals surface area (Å²) in [5.74, 6) is 0.0274. The van der Waals surface area contributed by atoms with Crippen molar-refractivity contribution < 1.29 is 4.79 Å². The van der Waals surface area contributed by atoms with Crippen molar-refractivity contribution in [3.05, 3.63) is 0 Å². The van der Waals surface area contributed by atoms with Gasteiger partial charge in [-0.1, -0.05) is 0 Å². The van der Waals surface area contributed by atoms with Crippen LogP contribution in [0.2, 0.25) is 0 Å². The van der Waals surface area contributed by atoms with E-state index in [9.17, 15) is 4.79 Å². The molecule has 0 aromatic heterocycles. The van der Waals surface area contributed by atoms with Crippen molar-refractivity contribution in [1.82, 2.24) is 5.32 Å². The number of hydrogen-bond donors (Lipinski definition) is 2. The van der Waals surface area contributed by atoms with Gasteiger partial charge in [-0.25, -0.2) is 0 Å². The topological polar surface area (TPSA) is 55.1 Å². The Balaban J connectivity index is 3.87. The summed E-state index contributed by atoms with van der Waals surface area (Å²) in [5.41, 5.74) is 5.32. The highest BCUT2D eigenvalue weighted by Crippen LogP contribution is 2.19. The summed E-state index contributed by atoms with van der Waals surface area (Å²) in [4.78, 5) is 11.4. The van der Waals surface area contributed by atoms with E-state index in [2.05, 4.69) is 19.2 Å². The molecule has 3 nitrogen and oxygen atoms in total. The number of carbonyl (C=O) groups is 1. The fraction of sp³-hybridized carbons (Fsp3) is 0.900. The van der Waals surface area contributed by atoms with Crippen LogP contribution in [0.3, 0.4) is 0 Å². The number of nitrogens with one attached hydrogen (secondary N) is 1. The normalized spacial score (nSPS) is 12.7. The Morgan fingerprint density at radius 1 is 1.36 bits per heavy atom. The van der Waals surface area contributed by atoms with Crippen LogP contribution in [0, 0.1) is 0 Å². The highest BCUT2D eigenvalue weighted by Gasteiger charge is 2.20. The van der Waals surface area contributed by atoms with Crippen molar-refractivity contribution in [2.75, 3.05) is 12.8 Å². The van der Waals surface area contributed by atoms with Crippen LogP contribution in [0.25, 0.3) is 0 Å². The molecule has 0 heterocycles. The Labute approximate surface area is 91.2 Å². The lowest BCUT2D eigenvalue weighted by atomic mass is 10.0. The van der Waals surface area contributed by atoms with Gasteiger partial charge in [0.05, 0.1) is 0 Å². The standard InChI is InChI=1S/C10H22N2OS/c1-9(2,11)6-8(13)12-7-10(3,4)14-5/h6-7,11H2,1-5H3,(H,12,13). The average Bonchev–Trinajstić information content (AvgIpc) is 1.98. The molecule has 84 valence electrons. The molecule has 0 rings (SSSR count). The van der Waals surface area contributed by atoms with E-state index in [4.69, 9.17) is 5.73 Å². The molecule has 0 bridgehead atoms. The van der Waals surface area contributed by atoms with Crippen LogP contribution in [0.4, 0.5) is 0 Å². The summed E-state index contributed by atoms with van der Waals surface area (Å²) in [6.45, 7) is 8.60.